The summed E-state index contributed by atoms with van der Waals surface area (Å²) in [5.74, 6) is 0.785. The summed E-state index contributed by atoms with van der Waals surface area (Å²) >= 11 is 0. The van der Waals surface area contributed by atoms with Gasteiger partial charge in [-0.2, -0.15) is 9.97 Å². The first-order valence-electron chi connectivity index (χ1n) is 11.3. The summed E-state index contributed by atoms with van der Waals surface area (Å²) in [6.07, 6.45) is 5.54. The Balaban J connectivity index is 1.65. The number of benzene rings is 1. The zero-order valence-corrected chi connectivity index (χ0v) is 21.3. The molecular formula is C24H24FN9O2S. The van der Waals surface area contributed by atoms with E-state index in [-0.39, 0.29) is 16.5 Å². The molecule has 0 bridgehead atoms. The van der Waals surface area contributed by atoms with E-state index in [1.54, 1.807) is 61.3 Å². The van der Waals surface area contributed by atoms with Gasteiger partial charge in [-0.25, -0.2) is 31.7 Å². The predicted molar refractivity (Wildman–Crippen MR) is 137 cm³/mol. The number of nitrogens with one attached hydrogen (secondary N) is 2. The van der Waals surface area contributed by atoms with Crippen LogP contribution in [0.1, 0.15) is 30.0 Å². The number of rotatable bonds is 7. The molecule has 0 unspecified atom stereocenters. The maximum atomic E-state index is 13.7. The fourth-order valence-corrected chi connectivity index (χ4v) is 5.35. The third kappa shape index (κ3) is 4.72. The van der Waals surface area contributed by atoms with E-state index < -0.39 is 21.9 Å². The lowest BCUT2D eigenvalue weighted by Crippen LogP contribution is -2.17. The first-order valence-corrected chi connectivity index (χ1v) is 12.8. The third-order valence-electron chi connectivity index (χ3n) is 5.68. The van der Waals surface area contributed by atoms with E-state index in [0.717, 1.165) is 18.0 Å². The van der Waals surface area contributed by atoms with Gasteiger partial charge in [0.15, 0.2) is 11.5 Å². The molecule has 0 aliphatic rings. The minimum Gasteiger partial charge on any atom is -0.344 e. The normalized spacial score (nSPS) is 12.6. The van der Waals surface area contributed by atoms with Crippen LogP contribution in [0.5, 0.6) is 0 Å². The number of anilines is 3. The number of hydrogen-bond acceptors (Lipinski definition) is 9. The summed E-state index contributed by atoms with van der Waals surface area (Å²) in [6, 6.07) is 7.83. The zero-order chi connectivity index (χ0) is 26.3. The van der Waals surface area contributed by atoms with Crippen molar-refractivity contribution in [3.05, 3.63) is 78.1 Å². The smallest absolute Gasteiger partial charge is 0.269 e. The molecule has 0 spiro atoms. The molecule has 0 radical (unpaired) electrons. The molecule has 0 fully saturated rings. The Morgan fingerprint density at radius 2 is 1.73 bits per heavy atom. The van der Waals surface area contributed by atoms with E-state index >= 15 is 0 Å². The lowest BCUT2D eigenvalue weighted by molar-refractivity contribution is 0.587. The Hall–Kier alpha value is -4.39. The summed E-state index contributed by atoms with van der Waals surface area (Å²) in [7, 11) is -2.14. The SMILES string of the molecule is Cc1ccc(S(=O)(=O)n2c(C)cc3c(Nc4cn(C)cn4)nc(N[C@H](C)c4ncc(F)cn4)nc32)cc1. The fourth-order valence-electron chi connectivity index (χ4n) is 3.86. The van der Waals surface area contributed by atoms with Crippen molar-refractivity contribution in [3.8, 4) is 0 Å². The first-order chi connectivity index (χ1) is 17.6. The maximum Gasteiger partial charge on any atom is 0.269 e. The molecule has 0 saturated carbocycles. The molecule has 0 amide bonds. The van der Waals surface area contributed by atoms with Gasteiger partial charge in [-0.1, -0.05) is 17.7 Å². The van der Waals surface area contributed by atoms with Gasteiger partial charge >= 0.3 is 0 Å². The molecule has 1 aromatic carbocycles. The van der Waals surface area contributed by atoms with Crippen molar-refractivity contribution in [2.75, 3.05) is 10.6 Å². The average molecular weight is 522 g/mol. The molecule has 0 aliphatic heterocycles. The highest BCUT2D eigenvalue weighted by molar-refractivity contribution is 7.90. The van der Waals surface area contributed by atoms with E-state index in [1.807, 2.05) is 14.0 Å². The lowest BCUT2D eigenvalue weighted by atomic mass is 10.2. The van der Waals surface area contributed by atoms with Crippen molar-refractivity contribution < 1.29 is 12.8 Å². The van der Waals surface area contributed by atoms with Crippen LogP contribution in [0, 0.1) is 19.7 Å². The number of imidazole rings is 1. The zero-order valence-electron chi connectivity index (χ0n) is 20.5. The van der Waals surface area contributed by atoms with Crippen molar-refractivity contribution >= 4 is 38.6 Å². The van der Waals surface area contributed by atoms with Crippen LogP contribution in [0.25, 0.3) is 11.0 Å². The number of halogens is 1. The van der Waals surface area contributed by atoms with Crippen molar-refractivity contribution in [2.45, 2.75) is 31.7 Å². The van der Waals surface area contributed by atoms with Gasteiger partial charge in [-0.3, -0.25) is 0 Å². The van der Waals surface area contributed by atoms with Gasteiger partial charge in [-0.05, 0) is 39.0 Å². The minimum atomic E-state index is -3.97. The Kier molecular flexibility index (Phi) is 6.07. The van der Waals surface area contributed by atoms with Crippen LogP contribution >= 0.6 is 0 Å². The molecule has 37 heavy (non-hydrogen) atoms. The third-order valence-corrected chi connectivity index (χ3v) is 7.48. The molecule has 190 valence electrons. The molecule has 2 N–H and O–H groups in total. The van der Waals surface area contributed by atoms with Crippen LogP contribution in [0.4, 0.5) is 22.0 Å². The molecule has 0 aliphatic carbocycles. The van der Waals surface area contributed by atoms with Crippen LogP contribution in [0.3, 0.4) is 0 Å². The van der Waals surface area contributed by atoms with Crippen molar-refractivity contribution in [3.63, 3.8) is 0 Å². The van der Waals surface area contributed by atoms with E-state index in [9.17, 15) is 12.8 Å². The largest absolute Gasteiger partial charge is 0.344 e. The Morgan fingerprint density at radius 3 is 2.38 bits per heavy atom. The van der Waals surface area contributed by atoms with E-state index in [2.05, 4.69) is 35.6 Å². The Morgan fingerprint density at radius 1 is 1.03 bits per heavy atom. The second-order valence-corrected chi connectivity index (χ2v) is 10.5. The number of aryl methyl sites for hydroxylation is 3. The summed E-state index contributed by atoms with van der Waals surface area (Å²) < 4.78 is 43.6. The topological polar surface area (TPSA) is 133 Å². The molecule has 4 aromatic heterocycles. The van der Waals surface area contributed by atoms with Crippen LogP contribution in [-0.2, 0) is 17.1 Å². The highest BCUT2D eigenvalue weighted by Gasteiger charge is 2.25. The van der Waals surface area contributed by atoms with Gasteiger partial charge in [0.2, 0.25) is 5.95 Å². The van der Waals surface area contributed by atoms with Crippen LogP contribution in [0.15, 0.2) is 60.1 Å². The lowest BCUT2D eigenvalue weighted by Gasteiger charge is -2.15. The number of aromatic nitrogens is 7. The van der Waals surface area contributed by atoms with Gasteiger partial charge in [0.25, 0.3) is 10.0 Å². The molecule has 5 aromatic rings. The van der Waals surface area contributed by atoms with E-state index in [0.29, 0.717) is 28.5 Å². The second kappa shape index (κ2) is 9.24. The van der Waals surface area contributed by atoms with Gasteiger partial charge in [0, 0.05) is 18.9 Å². The standard InChI is InChI=1S/C24H24FN9O2S/c1-14-5-7-18(8-6-14)37(35,36)34-15(2)9-19-22(30-20-12-33(4)13-28-20)31-24(32-23(19)34)29-16(3)21-26-10-17(25)11-27-21/h5-13,16H,1-4H3,(H2,29,30,31,32)/t16-/m1/s1. The fraction of sp³-hybridized carbons (Fsp3) is 0.208. The molecule has 13 heteroatoms. The summed E-state index contributed by atoms with van der Waals surface area (Å²) in [5, 5.41) is 6.74. The first kappa shape index (κ1) is 24.3. The van der Waals surface area contributed by atoms with E-state index in [1.165, 1.54) is 3.97 Å². The number of fused-ring (bicyclic) bond motifs is 1. The average Bonchev–Trinajstić information content (AvgIpc) is 3.41. The minimum absolute atomic E-state index is 0.129. The second-order valence-electron chi connectivity index (χ2n) is 8.68. The van der Waals surface area contributed by atoms with Gasteiger partial charge in [-0.15, -0.1) is 0 Å². The summed E-state index contributed by atoms with van der Waals surface area (Å²) in [5.41, 5.74) is 1.59. The summed E-state index contributed by atoms with van der Waals surface area (Å²) in [4.78, 5) is 21.6. The molecule has 11 nitrogen and oxygen atoms in total. The van der Waals surface area contributed by atoms with Gasteiger partial charge < -0.3 is 15.2 Å². The van der Waals surface area contributed by atoms with Gasteiger partial charge in [0.05, 0.1) is 35.0 Å². The highest BCUT2D eigenvalue weighted by Crippen LogP contribution is 2.31. The quantitative estimate of drug-likeness (QED) is 0.327. The summed E-state index contributed by atoms with van der Waals surface area (Å²) in [6.45, 7) is 5.35. The van der Waals surface area contributed by atoms with Crippen molar-refractivity contribution in [1.29, 1.82) is 0 Å². The monoisotopic (exact) mass is 521 g/mol. The predicted octanol–water partition coefficient (Wildman–Crippen LogP) is 3.86. The molecular weight excluding hydrogens is 497 g/mol. The molecule has 5 rings (SSSR count). The Labute approximate surface area is 212 Å². The van der Waals surface area contributed by atoms with E-state index in [4.69, 9.17) is 0 Å². The van der Waals surface area contributed by atoms with Crippen LogP contribution in [-0.4, -0.2) is 41.9 Å². The van der Waals surface area contributed by atoms with Crippen molar-refractivity contribution in [1.82, 2.24) is 33.5 Å². The molecule has 1 atom stereocenters. The number of nitrogens with zero attached hydrogens (tertiary/aromatic N) is 7. The van der Waals surface area contributed by atoms with Crippen molar-refractivity contribution in [2.24, 2.45) is 7.05 Å². The molecule has 4 heterocycles. The number of hydrogen-bond donors (Lipinski definition) is 2. The van der Waals surface area contributed by atoms with Crippen LogP contribution < -0.4 is 10.6 Å². The Bertz CT molecular complexity index is 1700. The maximum absolute atomic E-state index is 13.7. The highest BCUT2D eigenvalue weighted by atomic mass is 32.2. The van der Waals surface area contributed by atoms with Gasteiger partial charge in [0.1, 0.15) is 17.5 Å². The van der Waals surface area contributed by atoms with Crippen LogP contribution in [0.2, 0.25) is 0 Å². The molecule has 0 saturated heterocycles.